The molecule has 3 heteroatoms. The minimum absolute atomic E-state index is 0.245. The highest BCUT2D eigenvalue weighted by molar-refractivity contribution is 4.81. The van der Waals surface area contributed by atoms with E-state index in [-0.39, 0.29) is 12.2 Å². The molecule has 0 unspecified atom stereocenters. The van der Waals surface area contributed by atoms with E-state index in [1.54, 1.807) is 14.2 Å². The van der Waals surface area contributed by atoms with Gasteiger partial charge in [-0.15, -0.1) is 0 Å². The molecule has 0 aromatic rings. The van der Waals surface area contributed by atoms with E-state index in [9.17, 15) is 0 Å². The maximum Gasteiger partial charge on any atom is 0.0969 e. The minimum Gasteiger partial charge on any atom is -0.377 e. The average Bonchev–Trinajstić information content (AvgIpc) is 2.33. The van der Waals surface area contributed by atoms with Crippen molar-refractivity contribution in [2.75, 3.05) is 27.3 Å². The fraction of sp³-hybridized carbons (Fsp3) is 1.00. The Morgan fingerprint density at radius 1 is 1.11 bits per heavy atom. The first-order valence-electron chi connectivity index (χ1n) is 3.14. The molecular weight excluding hydrogens is 118 g/mol. The van der Waals surface area contributed by atoms with Gasteiger partial charge in [0.05, 0.1) is 12.2 Å². The molecule has 1 saturated heterocycles. The van der Waals surface area contributed by atoms with Crippen molar-refractivity contribution in [2.45, 2.75) is 12.2 Å². The SMILES string of the molecule is CO[C@H]1CNC[C@@H]1OC. The summed E-state index contributed by atoms with van der Waals surface area (Å²) in [5.74, 6) is 0. The molecule has 9 heavy (non-hydrogen) atoms. The van der Waals surface area contributed by atoms with Gasteiger partial charge in [-0.25, -0.2) is 0 Å². The molecule has 1 aliphatic rings. The van der Waals surface area contributed by atoms with E-state index in [1.807, 2.05) is 0 Å². The number of hydrogen-bond acceptors (Lipinski definition) is 3. The standard InChI is InChI=1S/C6H13NO2/c1-8-5-3-7-4-6(5)9-2/h5-7H,3-4H2,1-2H3/t5-,6-/m0/s1. The molecule has 0 radical (unpaired) electrons. The van der Waals surface area contributed by atoms with E-state index >= 15 is 0 Å². The van der Waals surface area contributed by atoms with Gasteiger partial charge in [0, 0.05) is 27.3 Å². The number of ether oxygens (including phenoxy) is 2. The summed E-state index contributed by atoms with van der Waals surface area (Å²) in [4.78, 5) is 0. The smallest absolute Gasteiger partial charge is 0.0969 e. The number of rotatable bonds is 2. The van der Waals surface area contributed by atoms with Crippen molar-refractivity contribution >= 4 is 0 Å². The van der Waals surface area contributed by atoms with Crippen LogP contribution in [0.25, 0.3) is 0 Å². The molecule has 1 aliphatic heterocycles. The Hall–Kier alpha value is -0.120. The fourth-order valence-corrected chi connectivity index (χ4v) is 1.10. The summed E-state index contributed by atoms with van der Waals surface area (Å²) >= 11 is 0. The summed E-state index contributed by atoms with van der Waals surface area (Å²) in [7, 11) is 3.42. The third-order valence-electron chi connectivity index (χ3n) is 1.71. The van der Waals surface area contributed by atoms with Gasteiger partial charge >= 0.3 is 0 Å². The van der Waals surface area contributed by atoms with E-state index in [0.717, 1.165) is 13.1 Å². The van der Waals surface area contributed by atoms with Crippen LogP contribution in [0.1, 0.15) is 0 Å². The minimum atomic E-state index is 0.245. The largest absolute Gasteiger partial charge is 0.377 e. The lowest BCUT2D eigenvalue weighted by atomic mass is 10.3. The van der Waals surface area contributed by atoms with Crippen LogP contribution >= 0.6 is 0 Å². The quantitative estimate of drug-likeness (QED) is 0.554. The molecule has 0 saturated carbocycles. The third kappa shape index (κ3) is 1.41. The van der Waals surface area contributed by atoms with Crippen LogP contribution in [0.3, 0.4) is 0 Å². The lowest BCUT2D eigenvalue weighted by Crippen LogP contribution is -2.27. The van der Waals surface area contributed by atoms with Crippen LogP contribution in [-0.2, 0) is 9.47 Å². The van der Waals surface area contributed by atoms with Gasteiger partial charge in [-0.2, -0.15) is 0 Å². The van der Waals surface area contributed by atoms with Gasteiger partial charge in [-0.3, -0.25) is 0 Å². The zero-order valence-electron chi connectivity index (χ0n) is 5.89. The van der Waals surface area contributed by atoms with E-state index in [4.69, 9.17) is 9.47 Å². The first-order valence-corrected chi connectivity index (χ1v) is 3.14. The number of nitrogens with one attached hydrogen (secondary N) is 1. The molecule has 0 aromatic heterocycles. The highest BCUT2D eigenvalue weighted by Gasteiger charge is 2.25. The van der Waals surface area contributed by atoms with Gasteiger partial charge in [0.15, 0.2) is 0 Å². The highest BCUT2D eigenvalue weighted by Crippen LogP contribution is 2.05. The van der Waals surface area contributed by atoms with Gasteiger partial charge in [0.1, 0.15) is 0 Å². The van der Waals surface area contributed by atoms with Crippen molar-refractivity contribution in [3.05, 3.63) is 0 Å². The van der Waals surface area contributed by atoms with Crippen molar-refractivity contribution in [3.8, 4) is 0 Å². The zero-order chi connectivity index (χ0) is 6.69. The average molecular weight is 131 g/mol. The Balaban J connectivity index is 2.32. The Morgan fingerprint density at radius 3 is 1.89 bits per heavy atom. The first kappa shape index (κ1) is 6.99. The van der Waals surface area contributed by atoms with Crippen LogP contribution in [0.2, 0.25) is 0 Å². The highest BCUT2D eigenvalue weighted by atomic mass is 16.5. The van der Waals surface area contributed by atoms with E-state index in [2.05, 4.69) is 5.32 Å². The second kappa shape index (κ2) is 3.15. The first-order chi connectivity index (χ1) is 4.38. The third-order valence-corrected chi connectivity index (χ3v) is 1.71. The van der Waals surface area contributed by atoms with Crippen LogP contribution in [0.4, 0.5) is 0 Å². The molecule has 2 atom stereocenters. The van der Waals surface area contributed by atoms with Gasteiger partial charge in [0.2, 0.25) is 0 Å². The molecule has 1 fully saturated rings. The van der Waals surface area contributed by atoms with Crippen molar-refractivity contribution < 1.29 is 9.47 Å². The summed E-state index contributed by atoms with van der Waals surface area (Å²) in [5, 5.41) is 3.17. The van der Waals surface area contributed by atoms with Crippen LogP contribution < -0.4 is 5.32 Å². The molecule has 54 valence electrons. The van der Waals surface area contributed by atoms with Crippen LogP contribution in [0, 0.1) is 0 Å². The summed E-state index contributed by atoms with van der Waals surface area (Å²) in [6, 6.07) is 0. The molecule has 0 aromatic carbocycles. The molecule has 3 nitrogen and oxygen atoms in total. The second-order valence-electron chi connectivity index (χ2n) is 2.21. The van der Waals surface area contributed by atoms with Crippen molar-refractivity contribution in [2.24, 2.45) is 0 Å². The normalized spacial score (nSPS) is 35.3. The van der Waals surface area contributed by atoms with Crippen molar-refractivity contribution in [1.29, 1.82) is 0 Å². The van der Waals surface area contributed by atoms with Crippen molar-refractivity contribution in [1.82, 2.24) is 5.32 Å². The molecule has 0 spiro atoms. The van der Waals surface area contributed by atoms with Crippen LogP contribution in [0.15, 0.2) is 0 Å². The Morgan fingerprint density at radius 2 is 1.56 bits per heavy atom. The summed E-state index contributed by atoms with van der Waals surface area (Å²) < 4.78 is 10.3. The van der Waals surface area contributed by atoms with E-state index < -0.39 is 0 Å². The predicted molar refractivity (Wildman–Crippen MR) is 34.5 cm³/mol. The molecular formula is C6H13NO2. The van der Waals surface area contributed by atoms with Crippen molar-refractivity contribution in [3.63, 3.8) is 0 Å². The topological polar surface area (TPSA) is 30.5 Å². The van der Waals surface area contributed by atoms with Gasteiger partial charge in [0.25, 0.3) is 0 Å². The monoisotopic (exact) mass is 131 g/mol. The lowest BCUT2D eigenvalue weighted by molar-refractivity contribution is -0.00461. The summed E-state index contributed by atoms with van der Waals surface area (Å²) in [6.07, 6.45) is 0.491. The summed E-state index contributed by atoms with van der Waals surface area (Å²) in [5.41, 5.74) is 0. The van der Waals surface area contributed by atoms with Gasteiger partial charge in [-0.05, 0) is 0 Å². The fourth-order valence-electron chi connectivity index (χ4n) is 1.10. The summed E-state index contributed by atoms with van der Waals surface area (Å²) in [6.45, 7) is 1.82. The molecule has 1 heterocycles. The molecule has 1 N–H and O–H groups in total. The van der Waals surface area contributed by atoms with E-state index in [1.165, 1.54) is 0 Å². The second-order valence-corrected chi connectivity index (χ2v) is 2.21. The van der Waals surface area contributed by atoms with Crippen LogP contribution in [0.5, 0.6) is 0 Å². The van der Waals surface area contributed by atoms with Gasteiger partial charge < -0.3 is 14.8 Å². The van der Waals surface area contributed by atoms with Crippen LogP contribution in [-0.4, -0.2) is 39.5 Å². The maximum absolute atomic E-state index is 5.13. The Kier molecular flexibility index (Phi) is 2.45. The van der Waals surface area contributed by atoms with E-state index in [0.29, 0.717) is 0 Å². The predicted octanol–water partition coefficient (Wildman–Crippen LogP) is -0.380. The molecule has 1 rings (SSSR count). The number of methoxy groups -OCH3 is 2. The molecule has 0 amide bonds. The molecule has 0 bridgehead atoms. The Labute approximate surface area is 55.3 Å². The number of hydrogen-bond donors (Lipinski definition) is 1. The van der Waals surface area contributed by atoms with Gasteiger partial charge in [-0.1, -0.05) is 0 Å². The Bertz CT molecular complexity index is 77.1. The lowest BCUT2D eigenvalue weighted by Gasteiger charge is -2.14. The zero-order valence-corrected chi connectivity index (χ0v) is 5.89. The molecule has 0 aliphatic carbocycles. The maximum atomic E-state index is 5.13.